The van der Waals surface area contributed by atoms with Crippen molar-refractivity contribution in [1.82, 2.24) is 0 Å². The topological polar surface area (TPSA) is 61.6 Å². The highest BCUT2D eigenvalue weighted by Crippen LogP contribution is 2.43. The van der Waals surface area contributed by atoms with Gasteiger partial charge in [-0.05, 0) is 24.7 Å². The molecule has 1 aromatic rings. The zero-order valence-electron chi connectivity index (χ0n) is 10.8. The molecule has 1 aliphatic carbocycles. The molecule has 0 saturated heterocycles. The summed E-state index contributed by atoms with van der Waals surface area (Å²) in [5.74, 6) is 1.55. The third-order valence-corrected chi connectivity index (χ3v) is 4.32. The smallest absolute Gasteiger partial charge is 0.311 e. The molecule has 0 spiro atoms. The minimum Gasteiger partial charge on any atom is -0.497 e. The van der Waals surface area contributed by atoms with E-state index >= 15 is 0 Å². The van der Waals surface area contributed by atoms with Gasteiger partial charge in [0.1, 0.15) is 5.75 Å². The molecular formula is C13H17NO4S. The van der Waals surface area contributed by atoms with Gasteiger partial charge >= 0.3 is 5.69 Å². The summed E-state index contributed by atoms with van der Waals surface area (Å²) >= 11 is 4.35. The van der Waals surface area contributed by atoms with Crippen LogP contribution in [0.1, 0.15) is 19.3 Å². The minimum atomic E-state index is -0.442. The molecule has 0 amide bonds. The van der Waals surface area contributed by atoms with Crippen LogP contribution in [0, 0.1) is 15.5 Å². The molecule has 104 valence electrons. The largest absolute Gasteiger partial charge is 0.497 e. The van der Waals surface area contributed by atoms with E-state index in [0.717, 1.165) is 18.6 Å². The van der Waals surface area contributed by atoms with Crippen molar-refractivity contribution < 1.29 is 14.4 Å². The molecule has 1 aliphatic rings. The highest BCUT2D eigenvalue weighted by Gasteiger charge is 2.37. The van der Waals surface area contributed by atoms with E-state index in [4.69, 9.17) is 9.47 Å². The lowest BCUT2D eigenvalue weighted by Gasteiger charge is -2.40. The van der Waals surface area contributed by atoms with E-state index in [9.17, 15) is 10.1 Å². The van der Waals surface area contributed by atoms with Crippen LogP contribution in [0.4, 0.5) is 5.69 Å². The number of nitro benzene ring substituents is 1. The second-order valence-corrected chi connectivity index (χ2v) is 5.21. The standard InChI is InChI=1S/C13H17NO4S/c1-17-10-3-4-11(14(15)16)12(7-10)18-8-13(9-19)5-2-6-13/h3-4,7,19H,2,5-6,8-9H2,1H3. The van der Waals surface area contributed by atoms with Crippen LogP contribution in [0.15, 0.2) is 18.2 Å². The van der Waals surface area contributed by atoms with Crippen molar-refractivity contribution >= 4 is 18.3 Å². The maximum Gasteiger partial charge on any atom is 0.311 e. The Labute approximate surface area is 117 Å². The van der Waals surface area contributed by atoms with Gasteiger partial charge in [0.25, 0.3) is 0 Å². The number of hydrogen-bond acceptors (Lipinski definition) is 5. The predicted molar refractivity (Wildman–Crippen MR) is 75.3 cm³/mol. The lowest BCUT2D eigenvalue weighted by Crippen LogP contribution is -2.37. The van der Waals surface area contributed by atoms with Gasteiger partial charge in [-0.15, -0.1) is 0 Å². The molecule has 6 heteroatoms. The second-order valence-electron chi connectivity index (χ2n) is 4.89. The monoisotopic (exact) mass is 283 g/mol. The normalized spacial score (nSPS) is 16.5. The number of hydrogen-bond donors (Lipinski definition) is 1. The Kier molecular flexibility index (Phi) is 4.19. The Bertz CT molecular complexity index is 468. The molecule has 0 N–H and O–H groups in total. The molecule has 0 atom stereocenters. The fourth-order valence-corrected chi connectivity index (χ4v) is 2.55. The van der Waals surface area contributed by atoms with Gasteiger partial charge in [-0.25, -0.2) is 0 Å². The predicted octanol–water partition coefficient (Wildman–Crippen LogP) is 3.08. The number of rotatable bonds is 6. The van der Waals surface area contributed by atoms with E-state index in [2.05, 4.69) is 12.6 Å². The number of nitrogens with zero attached hydrogens (tertiary/aromatic N) is 1. The van der Waals surface area contributed by atoms with Crippen LogP contribution < -0.4 is 9.47 Å². The van der Waals surface area contributed by atoms with Crippen molar-refractivity contribution in [3.63, 3.8) is 0 Å². The van der Waals surface area contributed by atoms with Gasteiger partial charge in [0, 0.05) is 17.5 Å². The molecule has 5 nitrogen and oxygen atoms in total. The maximum absolute atomic E-state index is 11.0. The molecular weight excluding hydrogens is 266 g/mol. The number of benzene rings is 1. The number of methoxy groups -OCH3 is 1. The van der Waals surface area contributed by atoms with Gasteiger partial charge < -0.3 is 9.47 Å². The molecule has 1 fully saturated rings. The van der Waals surface area contributed by atoms with E-state index in [1.165, 1.54) is 19.6 Å². The SMILES string of the molecule is COc1ccc([N+](=O)[O-])c(OCC2(CS)CCC2)c1. The average molecular weight is 283 g/mol. The Morgan fingerprint density at radius 3 is 2.68 bits per heavy atom. The first-order chi connectivity index (χ1) is 9.10. The maximum atomic E-state index is 11.0. The van der Waals surface area contributed by atoms with Crippen molar-refractivity contribution in [1.29, 1.82) is 0 Å². The van der Waals surface area contributed by atoms with Gasteiger partial charge in [0.2, 0.25) is 5.75 Å². The fourth-order valence-electron chi connectivity index (χ4n) is 2.14. The van der Waals surface area contributed by atoms with Crippen molar-refractivity contribution in [2.45, 2.75) is 19.3 Å². The third-order valence-electron chi connectivity index (χ3n) is 3.65. The summed E-state index contributed by atoms with van der Waals surface area (Å²) in [7, 11) is 1.52. The van der Waals surface area contributed by atoms with Gasteiger partial charge in [0.15, 0.2) is 0 Å². The summed E-state index contributed by atoms with van der Waals surface area (Å²) in [6.07, 6.45) is 3.30. The summed E-state index contributed by atoms with van der Waals surface area (Å²) < 4.78 is 10.7. The Hall–Kier alpha value is -1.43. The fraction of sp³-hybridized carbons (Fsp3) is 0.538. The van der Waals surface area contributed by atoms with E-state index < -0.39 is 4.92 Å². The number of nitro groups is 1. The van der Waals surface area contributed by atoms with Crippen molar-refractivity contribution in [3.05, 3.63) is 28.3 Å². The van der Waals surface area contributed by atoms with Crippen molar-refractivity contribution in [2.75, 3.05) is 19.5 Å². The first kappa shape index (κ1) is 14.0. The van der Waals surface area contributed by atoms with Gasteiger partial charge in [0.05, 0.1) is 18.6 Å². The lowest BCUT2D eigenvalue weighted by atomic mass is 9.71. The van der Waals surface area contributed by atoms with Crippen LogP contribution in [-0.2, 0) is 0 Å². The van der Waals surface area contributed by atoms with Crippen LogP contribution in [0.5, 0.6) is 11.5 Å². The van der Waals surface area contributed by atoms with Crippen LogP contribution >= 0.6 is 12.6 Å². The molecule has 0 radical (unpaired) electrons. The summed E-state index contributed by atoms with van der Waals surface area (Å²) in [4.78, 5) is 10.5. The number of ether oxygens (including phenoxy) is 2. The van der Waals surface area contributed by atoms with Crippen molar-refractivity contribution in [2.24, 2.45) is 5.41 Å². The molecule has 0 unspecified atom stereocenters. The van der Waals surface area contributed by atoms with Crippen LogP contribution in [0.2, 0.25) is 0 Å². The van der Waals surface area contributed by atoms with Crippen LogP contribution in [-0.4, -0.2) is 24.4 Å². The molecule has 1 saturated carbocycles. The second kappa shape index (κ2) is 5.69. The first-order valence-electron chi connectivity index (χ1n) is 6.16. The Balaban J connectivity index is 2.15. The van der Waals surface area contributed by atoms with Gasteiger partial charge in [-0.1, -0.05) is 6.42 Å². The molecule has 2 rings (SSSR count). The molecule has 0 heterocycles. The van der Waals surface area contributed by atoms with E-state index in [1.807, 2.05) is 0 Å². The van der Waals surface area contributed by atoms with Crippen LogP contribution in [0.25, 0.3) is 0 Å². The highest BCUT2D eigenvalue weighted by atomic mass is 32.1. The summed E-state index contributed by atoms with van der Waals surface area (Å²) in [5.41, 5.74) is 0.0366. The summed E-state index contributed by atoms with van der Waals surface area (Å²) in [6, 6.07) is 4.52. The third kappa shape index (κ3) is 2.94. The Morgan fingerprint density at radius 1 is 1.47 bits per heavy atom. The zero-order chi connectivity index (χ0) is 13.9. The van der Waals surface area contributed by atoms with E-state index in [1.54, 1.807) is 12.1 Å². The summed E-state index contributed by atoms with van der Waals surface area (Å²) in [5, 5.41) is 11.0. The zero-order valence-corrected chi connectivity index (χ0v) is 11.7. The van der Waals surface area contributed by atoms with Crippen LogP contribution in [0.3, 0.4) is 0 Å². The number of thiol groups is 1. The molecule has 0 bridgehead atoms. The van der Waals surface area contributed by atoms with Gasteiger partial charge in [-0.3, -0.25) is 10.1 Å². The summed E-state index contributed by atoms with van der Waals surface area (Å²) in [6.45, 7) is 0.463. The minimum absolute atomic E-state index is 0.0329. The van der Waals surface area contributed by atoms with Gasteiger partial charge in [-0.2, -0.15) is 12.6 Å². The molecule has 0 aliphatic heterocycles. The first-order valence-corrected chi connectivity index (χ1v) is 6.79. The van der Waals surface area contributed by atoms with E-state index in [0.29, 0.717) is 12.4 Å². The lowest BCUT2D eigenvalue weighted by molar-refractivity contribution is -0.386. The Morgan fingerprint density at radius 2 is 2.21 bits per heavy atom. The molecule has 0 aromatic heterocycles. The molecule has 19 heavy (non-hydrogen) atoms. The quantitative estimate of drug-likeness (QED) is 0.495. The van der Waals surface area contributed by atoms with Crippen molar-refractivity contribution in [3.8, 4) is 11.5 Å². The van der Waals surface area contributed by atoms with E-state index in [-0.39, 0.29) is 16.9 Å². The molecule has 1 aromatic carbocycles. The highest BCUT2D eigenvalue weighted by molar-refractivity contribution is 7.80. The average Bonchev–Trinajstić information content (AvgIpc) is 2.37.